The zero-order chi connectivity index (χ0) is 13.2. The molecule has 0 spiro atoms. The lowest BCUT2D eigenvalue weighted by atomic mass is 10.2. The highest BCUT2D eigenvalue weighted by atomic mass is 16.5. The van der Waals surface area contributed by atoms with E-state index in [1.54, 1.807) is 7.11 Å². The van der Waals surface area contributed by atoms with E-state index in [-0.39, 0.29) is 12.5 Å². The van der Waals surface area contributed by atoms with E-state index < -0.39 is 0 Å². The van der Waals surface area contributed by atoms with Crippen molar-refractivity contribution in [2.75, 3.05) is 39.3 Å². The van der Waals surface area contributed by atoms with Gasteiger partial charge in [0.1, 0.15) is 6.61 Å². The summed E-state index contributed by atoms with van der Waals surface area (Å²) in [6.07, 6.45) is 0. The van der Waals surface area contributed by atoms with Crippen LogP contribution in [0.2, 0.25) is 0 Å². The first-order valence-electron chi connectivity index (χ1n) is 5.87. The van der Waals surface area contributed by atoms with Crippen molar-refractivity contribution in [2.24, 2.45) is 0 Å². The van der Waals surface area contributed by atoms with Crippen LogP contribution in [0.5, 0.6) is 0 Å². The predicted octanol–water partition coefficient (Wildman–Crippen LogP) is 1.01. The van der Waals surface area contributed by atoms with E-state index in [2.05, 4.69) is 10.6 Å². The van der Waals surface area contributed by atoms with Crippen molar-refractivity contribution in [1.29, 1.82) is 0 Å². The standard InChI is InChI=1S/C13H20N2O3/c1-14-9-11-5-3-4-6-12(11)15-13(16)10-18-8-7-17-2/h3-6,14H,7-10H2,1-2H3,(H,15,16). The molecule has 0 bridgehead atoms. The highest BCUT2D eigenvalue weighted by molar-refractivity contribution is 5.92. The van der Waals surface area contributed by atoms with Crippen molar-refractivity contribution >= 4 is 11.6 Å². The zero-order valence-electron chi connectivity index (χ0n) is 10.9. The molecule has 0 heterocycles. The molecule has 1 rings (SSSR count). The molecule has 18 heavy (non-hydrogen) atoms. The van der Waals surface area contributed by atoms with Crippen molar-refractivity contribution in [3.05, 3.63) is 29.8 Å². The molecule has 2 N–H and O–H groups in total. The molecule has 0 fully saturated rings. The Hall–Kier alpha value is -1.43. The third kappa shape index (κ3) is 5.27. The van der Waals surface area contributed by atoms with Crippen LogP contribution in [-0.2, 0) is 20.8 Å². The summed E-state index contributed by atoms with van der Waals surface area (Å²) < 4.78 is 9.98. The summed E-state index contributed by atoms with van der Waals surface area (Å²) in [6.45, 7) is 1.66. The monoisotopic (exact) mass is 252 g/mol. The summed E-state index contributed by atoms with van der Waals surface area (Å²) in [4.78, 5) is 11.6. The van der Waals surface area contributed by atoms with Crippen LogP contribution in [-0.4, -0.2) is 39.9 Å². The van der Waals surface area contributed by atoms with E-state index >= 15 is 0 Å². The van der Waals surface area contributed by atoms with Gasteiger partial charge in [0.15, 0.2) is 0 Å². The van der Waals surface area contributed by atoms with Crippen LogP contribution in [0, 0.1) is 0 Å². The van der Waals surface area contributed by atoms with Gasteiger partial charge in [-0.25, -0.2) is 0 Å². The second-order valence-electron chi connectivity index (χ2n) is 3.78. The molecule has 5 heteroatoms. The number of hydrogen-bond acceptors (Lipinski definition) is 4. The van der Waals surface area contributed by atoms with Crippen LogP contribution in [0.4, 0.5) is 5.69 Å². The number of rotatable bonds is 8. The smallest absolute Gasteiger partial charge is 0.250 e. The second-order valence-corrected chi connectivity index (χ2v) is 3.78. The third-order valence-corrected chi connectivity index (χ3v) is 2.32. The number of ether oxygens (including phenoxy) is 2. The number of methoxy groups -OCH3 is 1. The van der Waals surface area contributed by atoms with Crippen LogP contribution in [0.25, 0.3) is 0 Å². The van der Waals surface area contributed by atoms with Crippen LogP contribution in [0.3, 0.4) is 0 Å². The van der Waals surface area contributed by atoms with Gasteiger partial charge >= 0.3 is 0 Å². The van der Waals surface area contributed by atoms with E-state index in [9.17, 15) is 4.79 Å². The lowest BCUT2D eigenvalue weighted by molar-refractivity contribution is -0.121. The minimum absolute atomic E-state index is 0.0389. The molecule has 0 radical (unpaired) electrons. The van der Waals surface area contributed by atoms with E-state index in [0.29, 0.717) is 19.8 Å². The third-order valence-electron chi connectivity index (χ3n) is 2.32. The first-order chi connectivity index (χ1) is 8.77. The SMILES string of the molecule is CNCc1ccccc1NC(=O)COCCOC. The molecule has 0 aliphatic carbocycles. The minimum Gasteiger partial charge on any atom is -0.382 e. The number of para-hydroxylation sites is 1. The summed E-state index contributed by atoms with van der Waals surface area (Å²) in [5.41, 5.74) is 1.86. The predicted molar refractivity (Wildman–Crippen MR) is 70.5 cm³/mol. The maximum absolute atomic E-state index is 11.6. The fourth-order valence-electron chi connectivity index (χ4n) is 1.48. The Bertz CT molecular complexity index is 369. The fraction of sp³-hybridized carbons (Fsp3) is 0.462. The van der Waals surface area contributed by atoms with Crippen LogP contribution >= 0.6 is 0 Å². The Labute approximate surface area is 107 Å². The van der Waals surface area contributed by atoms with Gasteiger partial charge in [0.2, 0.25) is 5.91 Å². The Morgan fingerprint density at radius 1 is 1.28 bits per heavy atom. The quantitative estimate of drug-likeness (QED) is 0.678. The summed E-state index contributed by atoms with van der Waals surface area (Å²) >= 11 is 0. The molecule has 0 unspecified atom stereocenters. The maximum Gasteiger partial charge on any atom is 0.250 e. The molecule has 1 aromatic carbocycles. The van der Waals surface area contributed by atoms with Crippen molar-refractivity contribution in [2.45, 2.75) is 6.54 Å². The van der Waals surface area contributed by atoms with Gasteiger partial charge in [-0.15, -0.1) is 0 Å². The van der Waals surface area contributed by atoms with Crippen molar-refractivity contribution < 1.29 is 14.3 Å². The van der Waals surface area contributed by atoms with Gasteiger partial charge in [-0.1, -0.05) is 18.2 Å². The number of amides is 1. The molecular weight excluding hydrogens is 232 g/mol. The molecule has 5 nitrogen and oxygen atoms in total. The largest absolute Gasteiger partial charge is 0.382 e. The molecule has 0 aliphatic heterocycles. The zero-order valence-corrected chi connectivity index (χ0v) is 10.9. The number of hydrogen-bond donors (Lipinski definition) is 2. The van der Waals surface area contributed by atoms with Gasteiger partial charge in [-0.2, -0.15) is 0 Å². The average Bonchev–Trinajstić information content (AvgIpc) is 2.37. The second kappa shape index (κ2) is 8.63. The molecular formula is C13H20N2O3. The summed E-state index contributed by atoms with van der Waals surface area (Å²) in [7, 11) is 3.46. The lowest BCUT2D eigenvalue weighted by Gasteiger charge is -2.10. The number of benzene rings is 1. The molecule has 1 amide bonds. The fourth-order valence-corrected chi connectivity index (χ4v) is 1.48. The molecule has 0 saturated carbocycles. The Morgan fingerprint density at radius 3 is 2.78 bits per heavy atom. The van der Waals surface area contributed by atoms with E-state index in [1.807, 2.05) is 31.3 Å². The van der Waals surface area contributed by atoms with Crippen LogP contribution in [0.15, 0.2) is 24.3 Å². The van der Waals surface area contributed by atoms with Crippen molar-refractivity contribution in [3.63, 3.8) is 0 Å². The maximum atomic E-state index is 11.6. The van der Waals surface area contributed by atoms with E-state index in [4.69, 9.17) is 9.47 Å². The van der Waals surface area contributed by atoms with Gasteiger partial charge in [-0.3, -0.25) is 4.79 Å². The minimum atomic E-state index is -0.158. The average molecular weight is 252 g/mol. The lowest BCUT2D eigenvalue weighted by Crippen LogP contribution is -2.21. The highest BCUT2D eigenvalue weighted by Gasteiger charge is 2.05. The Balaban J connectivity index is 2.43. The first kappa shape index (κ1) is 14.6. The van der Waals surface area contributed by atoms with Gasteiger partial charge < -0.3 is 20.1 Å². The van der Waals surface area contributed by atoms with Gasteiger partial charge in [-0.05, 0) is 18.7 Å². The highest BCUT2D eigenvalue weighted by Crippen LogP contribution is 2.14. The van der Waals surface area contributed by atoms with E-state index in [0.717, 1.165) is 11.3 Å². The Kier molecular flexibility index (Phi) is 7.01. The summed E-state index contributed by atoms with van der Waals surface area (Å²) in [5, 5.41) is 5.89. The molecule has 0 saturated heterocycles. The molecule has 0 aliphatic rings. The van der Waals surface area contributed by atoms with Crippen LogP contribution in [0.1, 0.15) is 5.56 Å². The topological polar surface area (TPSA) is 59.6 Å². The number of carbonyl (C=O) groups excluding carboxylic acids is 1. The summed E-state index contributed by atoms with van der Waals surface area (Å²) in [5.74, 6) is -0.158. The van der Waals surface area contributed by atoms with Gasteiger partial charge in [0.25, 0.3) is 0 Å². The summed E-state index contributed by atoms with van der Waals surface area (Å²) in [6, 6.07) is 7.68. The Morgan fingerprint density at radius 2 is 2.06 bits per heavy atom. The van der Waals surface area contributed by atoms with Crippen molar-refractivity contribution in [1.82, 2.24) is 5.32 Å². The molecule has 100 valence electrons. The molecule has 0 atom stereocenters. The number of anilines is 1. The van der Waals surface area contributed by atoms with Crippen LogP contribution < -0.4 is 10.6 Å². The normalized spacial score (nSPS) is 10.3. The first-order valence-corrected chi connectivity index (χ1v) is 5.87. The van der Waals surface area contributed by atoms with Gasteiger partial charge in [0, 0.05) is 19.3 Å². The van der Waals surface area contributed by atoms with Gasteiger partial charge in [0.05, 0.1) is 13.2 Å². The van der Waals surface area contributed by atoms with E-state index in [1.165, 1.54) is 0 Å². The molecule has 1 aromatic rings. The van der Waals surface area contributed by atoms with Crippen molar-refractivity contribution in [3.8, 4) is 0 Å². The molecule has 0 aromatic heterocycles. The number of carbonyl (C=O) groups is 1. The number of nitrogens with one attached hydrogen (secondary N) is 2.